The number of anilines is 1. The van der Waals surface area contributed by atoms with E-state index in [0.29, 0.717) is 37.2 Å². The fourth-order valence-corrected chi connectivity index (χ4v) is 7.38. The standard InChI is InChI=1S/C23H31N3O5S2/c1-5-25(6-2)33(30,31)22-16-19(12-11-18(22)4)24-23(27)21-8-7-15-26(21)32(28,29)20-13-9-17(3)10-14-20/h9-14,16,21H,5-8,15H2,1-4H3,(H,24,27)/t21-/m0/s1. The van der Waals surface area contributed by atoms with Gasteiger partial charge in [0, 0.05) is 25.3 Å². The van der Waals surface area contributed by atoms with Crippen molar-refractivity contribution < 1.29 is 21.6 Å². The Morgan fingerprint density at radius 3 is 2.27 bits per heavy atom. The largest absolute Gasteiger partial charge is 0.325 e. The molecule has 33 heavy (non-hydrogen) atoms. The molecule has 0 saturated carbocycles. The molecule has 1 aliphatic rings. The molecule has 1 atom stereocenters. The molecule has 180 valence electrons. The minimum Gasteiger partial charge on any atom is -0.325 e. The fourth-order valence-electron chi connectivity index (χ4n) is 4.02. The molecule has 1 saturated heterocycles. The number of hydrogen-bond donors (Lipinski definition) is 1. The van der Waals surface area contributed by atoms with Gasteiger partial charge in [0.2, 0.25) is 26.0 Å². The Morgan fingerprint density at radius 2 is 1.67 bits per heavy atom. The zero-order chi connectivity index (χ0) is 24.4. The van der Waals surface area contributed by atoms with Crippen LogP contribution in [0.3, 0.4) is 0 Å². The van der Waals surface area contributed by atoms with Crippen LogP contribution in [0.1, 0.15) is 37.8 Å². The molecule has 0 bridgehead atoms. The predicted molar refractivity (Wildman–Crippen MR) is 128 cm³/mol. The van der Waals surface area contributed by atoms with Crippen LogP contribution in [-0.2, 0) is 24.8 Å². The van der Waals surface area contributed by atoms with E-state index in [2.05, 4.69) is 5.32 Å². The lowest BCUT2D eigenvalue weighted by molar-refractivity contribution is -0.119. The summed E-state index contributed by atoms with van der Waals surface area (Å²) in [5, 5.41) is 2.73. The maximum atomic E-state index is 13.1. The number of hydrogen-bond acceptors (Lipinski definition) is 5. The van der Waals surface area contributed by atoms with Crippen LogP contribution in [0.5, 0.6) is 0 Å². The van der Waals surface area contributed by atoms with Crippen LogP contribution in [0.15, 0.2) is 52.3 Å². The molecule has 0 unspecified atom stereocenters. The van der Waals surface area contributed by atoms with Gasteiger partial charge in [-0.1, -0.05) is 37.6 Å². The quantitative estimate of drug-likeness (QED) is 0.609. The number of nitrogens with zero attached hydrogens (tertiary/aromatic N) is 2. The Kier molecular flexibility index (Phi) is 7.62. The monoisotopic (exact) mass is 493 g/mol. The second kappa shape index (κ2) is 9.92. The zero-order valence-electron chi connectivity index (χ0n) is 19.4. The molecule has 0 aliphatic carbocycles. The van der Waals surface area contributed by atoms with Gasteiger partial charge in [0.25, 0.3) is 0 Å². The molecule has 1 heterocycles. The maximum Gasteiger partial charge on any atom is 0.243 e. The van der Waals surface area contributed by atoms with Crippen LogP contribution in [0.25, 0.3) is 0 Å². The molecule has 0 radical (unpaired) electrons. The lowest BCUT2D eigenvalue weighted by Gasteiger charge is -2.24. The Morgan fingerprint density at radius 1 is 1.03 bits per heavy atom. The van der Waals surface area contributed by atoms with Crippen LogP contribution in [0.2, 0.25) is 0 Å². The lowest BCUT2D eigenvalue weighted by Crippen LogP contribution is -2.43. The van der Waals surface area contributed by atoms with Gasteiger partial charge in [-0.3, -0.25) is 4.79 Å². The number of carbonyl (C=O) groups is 1. The second-order valence-electron chi connectivity index (χ2n) is 8.15. The molecular formula is C23H31N3O5S2. The van der Waals surface area contributed by atoms with Crippen LogP contribution in [-0.4, -0.2) is 57.0 Å². The predicted octanol–water partition coefficient (Wildman–Crippen LogP) is 3.13. The molecule has 1 fully saturated rings. The van der Waals surface area contributed by atoms with Gasteiger partial charge >= 0.3 is 0 Å². The summed E-state index contributed by atoms with van der Waals surface area (Å²) in [7, 11) is -7.54. The third-order valence-corrected chi connectivity index (χ3v) is 10.0. The van der Waals surface area contributed by atoms with Crippen LogP contribution in [0, 0.1) is 13.8 Å². The summed E-state index contributed by atoms with van der Waals surface area (Å²) in [5.74, 6) is -0.474. The van der Waals surface area contributed by atoms with Crippen molar-refractivity contribution in [2.24, 2.45) is 0 Å². The first-order chi connectivity index (χ1) is 15.5. The van der Waals surface area contributed by atoms with Gasteiger partial charge in [-0.05, 0) is 56.5 Å². The Labute approximate surface area is 196 Å². The number of rotatable bonds is 8. The summed E-state index contributed by atoms with van der Waals surface area (Å²) < 4.78 is 54.9. The highest BCUT2D eigenvalue weighted by Crippen LogP contribution is 2.28. The summed E-state index contributed by atoms with van der Waals surface area (Å²) in [4.78, 5) is 13.3. The summed E-state index contributed by atoms with van der Waals surface area (Å²) >= 11 is 0. The first kappa shape index (κ1) is 25.4. The molecule has 10 heteroatoms. The molecule has 3 rings (SSSR count). The normalized spacial score (nSPS) is 17.4. The van der Waals surface area contributed by atoms with Crippen molar-refractivity contribution in [3.63, 3.8) is 0 Å². The van der Waals surface area contributed by atoms with Gasteiger partial charge in [0.15, 0.2) is 0 Å². The number of sulfonamides is 2. The second-order valence-corrected chi connectivity index (χ2v) is 11.9. The highest BCUT2D eigenvalue weighted by atomic mass is 32.2. The lowest BCUT2D eigenvalue weighted by atomic mass is 10.2. The van der Waals surface area contributed by atoms with Crippen molar-refractivity contribution in [2.45, 2.75) is 56.4 Å². The van der Waals surface area contributed by atoms with E-state index >= 15 is 0 Å². The minimum atomic E-state index is -3.83. The third kappa shape index (κ3) is 5.13. The molecule has 8 nitrogen and oxygen atoms in total. The van der Waals surface area contributed by atoms with Crippen molar-refractivity contribution in [3.8, 4) is 0 Å². The molecule has 0 spiro atoms. The highest BCUT2D eigenvalue weighted by molar-refractivity contribution is 7.89. The minimum absolute atomic E-state index is 0.125. The van der Waals surface area contributed by atoms with E-state index in [9.17, 15) is 21.6 Å². The number of aryl methyl sites for hydroxylation is 2. The van der Waals surface area contributed by atoms with E-state index in [1.807, 2.05) is 6.92 Å². The maximum absolute atomic E-state index is 13.1. The summed E-state index contributed by atoms with van der Waals surface area (Å²) in [5.41, 5.74) is 1.83. The molecular weight excluding hydrogens is 462 g/mol. The number of benzene rings is 2. The number of amides is 1. The Hall–Kier alpha value is -2.27. The molecule has 1 aliphatic heterocycles. The summed E-state index contributed by atoms with van der Waals surface area (Å²) in [6, 6.07) is 10.4. The van der Waals surface area contributed by atoms with E-state index in [1.165, 1.54) is 14.7 Å². The highest BCUT2D eigenvalue weighted by Gasteiger charge is 2.39. The molecule has 0 aromatic heterocycles. The first-order valence-electron chi connectivity index (χ1n) is 11.0. The van der Waals surface area contributed by atoms with E-state index in [1.54, 1.807) is 57.2 Å². The molecule has 1 N–H and O–H groups in total. The summed E-state index contributed by atoms with van der Waals surface area (Å²) in [6.45, 7) is 8.04. The topological polar surface area (TPSA) is 104 Å². The Balaban J connectivity index is 1.86. The smallest absolute Gasteiger partial charge is 0.243 e. The Bertz CT molecular complexity index is 1220. The van der Waals surface area contributed by atoms with Gasteiger partial charge in [-0.15, -0.1) is 0 Å². The SMILES string of the molecule is CCN(CC)S(=O)(=O)c1cc(NC(=O)[C@@H]2CCCN2S(=O)(=O)c2ccc(C)cc2)ccc1C. The van der Waals surface area contributed by atoms with E-state index < -0.39 is 32.0 Å². The van der Waals surface area contributed by atoms with Crippen LogP contribution < -0.4 is 5.32 Å². The van der Waals surface area contributed by atoms with Gasteiger partial charge in [-0.2, -0.15) is 8.61 Å². The molecule has 2 aromatic rings. The van der Waals surface area contributed by atoms with E-state index in [-0.39, 0.29) is 16.3 Å². The molecule has 1 amide bonds. The van der Waals surface area contributed by atoms with Crippen molar-refractivity contribution in [2.75, 3.05) is 25.0 Å². The number of nitrogens with one attached hydrogen (secondary N) is 1. The van der Waals surface area contributed by atoms with Gasteiger partial charge in [0.1, 0.15) is 6.04 Å². The zero-order valence-corrected chi connectivity index (χ0v) is 21.0. The average molecular weight is 494 g/mol. The number of carbonyl (C=O) groups excluding carboxylic acids is 1. The van der Waals surface area contributed by atoms with Crippen molar-refractivity contribution in [3.05, 3.63) is 53.6 Å². The van der Waals surface area contributed by atoms with E-state index in [0.717, 1.165) is 5.56 Å². The van der Waals surface area contributed by atoms with Crippen molar-refractivity contribution in [1.82, 2.24) is 8.61 Å². The van der Waals surface area contributed by atoms with Crippen LogP contribution >= 0.6 is 0 Å². The molecule has 2 aromatic carbocycles. The average Bonchev–Trinajstić information content (AvgIpc) is 3.27. The van der Waals surface area contributed by atoms with E-state index in [4.69, 9.17) is 0 Å². The van der Waals surface area contributed by atoms with Gasteiger partial charge in [0.05, 0.1) is 9.79 Å². The first-order valence-corrected chi connectivity index (χ1v) is 13.9. The fraction of sp³-hybridized carbons (Fsp3) is 0.435. The van der Waals surface area contributed by atoms with Crippen molar-refractivity contribution >= 4 is 31.6 Å². The van der Waals surface area contributed by atoms with Gasteiger partial charge in [-0.25, -0.2) is 16.8 Å². The summed E-state index contributed by atoms with van der Waals surface area (Å²) in [6.07, 6.45) is 0.964. The van der Waals surface area contributed by atoms with Crippen molar-refractivity contribution in [1.29, 1.82) is 0 Å². The third-order valence-electron chi connectivity index (χ3n) is 5.91. The van der Waals surface area contributed by atoms with Gasteiger partial charge < -0.3 is 5.32 Å². The van der Waals surface area contributed by atoms with Crippen LogP contribution in [0.4, 0.5) is 5.69 Å².